The third-order valence-corrected chi connectivity index (χ3v) is 8.93. The number of rotatable bonds is 4. The quantitative estimate of drug-likeness (QED) is 0.263. The van der Waals surface area contributed by atoms with E-state index in [4.69, 9.17) is 4.99 Å². The van der Waals surface area contributed by atoms with Gasteiger partial charge in [-0.1, -0.05) is 103 Å². The van der Waals surface area contributed by atoms with Crippen LogP contribution < -0.4 is 0 Å². The summed E-state index contributed by atoms with van der Waals surface area (Å²) in [6, 6.07) is 31.0. The lowest BCUT2D eigenvalue weighted by atomic mass is 9.81. The molecule has 2 heterocycles. The zero-order valence-electron chi connectivity index (χ0n) is 23.4. The van der Waals surface area contributed by atoms with Gasteiger partial charge in [-0.25, -0.2) is 4.99 Å². The number of likely N-dealkylation sites (N-methyl/N-ethyl adjacent to an activating group) is 1. The third-order valence-electron chi connectivity index (χ3n) is 8.93. The lowest BCUT2D eigenvalue weighted by Crippen LogP contribution is -2.33. The number of hydrogen-bond acceptors (Lipinski definition) is 2. The van der Waals surface area contributed by atoms with Gasteiger partial charge in [-0.2, -0.15) is 0 Å². The summed E-state index contributed by atoms with van der Waals surface area (Å²) in [6.45, 7) is 4.46. The Bertz CT molecular complexity index is 1770. The molecule has 0 fully saturated rings. The van der Waals surface area contributed by atoms with Gasteiger partial charge in [0.15, 0.2) is 0 Å². The van der Waals surface area contributed by atoms with Gasteiger partial charge in [0, 0.05) is 35.8 Å². The topological polar surface area (TPSA) is 15.6 Å². The minimum Gasteiger partial charge on any atom is -0.370 e. The highest BCUT2D eigenvalue weighted by Crippen LogP contribution is 2.44. The summed E-state index contributed by atoms with van der Waals surface area (Å²) in [6.07, 6.45) is 13.6. The molecule has 2 aliphatic heterocycles. The van der Waals surface area contributed by atoms with Crippen LogP contribution in [-0.4, -0.2) is 23.7 Å². The summed E-state index contributed by atoms with van der Waals surface area (Å²) in [5.74, 6) is 0.470. The van der Waals surface area contributed by atoms with Gasteiger partial charge >= 0.3 is 0 Å². The van der Waals surface area contributed by atoms with Gasteiger partial charge in [-0.15, -0.1) is 0 Å². The van der Waals surface area contributed by atoms with Gasteiger partial charge in [0.25, 0.3) is 0 Å². The van der Waals surface area contributed by atoms with Gasteiger partial charge in [0.05, 0.1) is 11.4 Å². The summed E-state index contributed by atoms with van der Waals surface area (Å²) < 4.78 is 0. The fourth-order valence-electron chi connectivity index (χ4n) is 6.96. The Labute approximate surface area is 237 Å². The van der Waals surface area contributed by atoms with E-state index in [-0.39, 0.29) is 0 Å². The second-order valence-electron chi connectivity index (χ2n) is 11.3. The smallest absolute Gasteiger partial charge is 0.0737 e. The molecule has 196 valence electrons. The molecule has 0 saturated carbocycles. The van der Waals surface area contributed by atoms with Crippen LogP contribution in [0.5, 0.6) is 0 Å². The van der Waals surface area contributed by atoms with E-state index >= 15 is 0 Å². The molecule has 3 aliphatic rings. The zero-order chi connectivity index (χ0) is 27.2. The van der Waals surface area contributed by atoms with Crippen LogP contribution in [0.3, 0.4) is 0 Å². The molecule has 2 nitrogen and oxygen atoms in total. The average molecular weight is 519 g/mol. The molecule has 7 rings (SSSR count). The van der Waals surface area contributed by atoms with E-state index < -0.39 is 0 Å². The molecule has 0 N–H and O–H groups in total. The summed E-state index contributed by atoms with van der Waals surface area (Å²) in [5.41, 5.74) is 12.5. The van der Waals surface area contributed by atoms with E-state index in [0.717, 1.165) is 24.3 Å². The number of aliphatic imine (C=N–C) groups is 1. The van der Waals surface area contributed by atoms with Gasteiger partial charge in [-0.3, -0.25) is 0 Å². The first-order valence-electron chi connectivity index (χ1n) is 14.3. The van der Waals surface area contributed by atoms with Crippen LogP contribution in [-0.2, 0) is 0 Å². The minimum absolute atomic E-state index is 0.410. The average Bonchev–Trinajstić information content (AvgIpc) is 3.61. The van der Waals surface area contributed by atoms with Crippen LogP contribution in [0.1, 0.15) is 52.1 Å². The molecule has 0 saturated heterocycles. The normalized spacial score (nSPS) is 21.0. The minimum atomic E-state index is 0.410. The highest BCUT2D eigenvalue weighted by molar-refractivity contribution is 6.18. The first-order chi connectivity index (χ1) is 19.6. The second-order valence-corrected chi connectivity index (χ2v) is 11.3. The Morgan fingerprint density at radius 1 is 0.775 bits per heavy atom. The highest BCUT2D eigenvalue weighted by atomic mass is 15.2. The second kappa shape index (κ2) is 9.95. The molecule has 1 aliphatic carbocycles. The number of fused-ring (bicyclic) bond motifs is 2. The predicted molar refractivity (Wildman–Crippen MR) is 170 cm³/mol. The van der Waals surface area contributed by atoms with Crippen molar-refractivity contribution in [2.24, 2.45) is 4.99 Å². The molecule has 2 atom stereocenters. The van der Waals surface area contributed by atoms with E-state index in [1.807, 2.05) is 0 Å². The lowest BCUT2D eigenvalue weighted by molar-refractivity contribution is 0.295. The van der Waals surface area contributed by atoms with Gasteiger partial charge < -0.3 is 4.90 Å². The summed E-state index contributed by atoms with van der Waals surface area (Å²) in [5, 5.41) is 2.48. The Hall–Kier alpha value is -4.43. The molecule has 0 amide bonds. The van der Waals surface area contributed by atoms with Crippen molar-refractivity contribution in [2.75, 3.05) is 7.05 Å². The molecule has 40 heavy (non-hydrogen) atoms. The maximum atomic E-state index is 5.33. The first-order valence-corrected chi connectivity index (χ1v) is 14.3. The highest BCUT2D eigenvalue weighted by Gasteiger charge is 2.35. The summed E-state index contributed by atoms with van der Waals surface area (Å²) in [4.78, 5) is 7.86. The Kier molecular flexibility index (Phi) is 6.12. The zero-order valence-corrected chi connectivity index (χ0v) is 23.4. The Balaban J connectivity index is 1.34. The largest absolute Gasteiger partial charge is 0.370 e. The van der Waals surface area contributed by atoms with Crippen molar-refractivity contribution in [3.05, 3.63) is 154 Å². The van der Waals surface area contributed by atoms with Crippen LogP contribution in [0.4, 0.5) is 0 Å². The third kappa shape index (κ3) is 4.07. The van der Waals surface area contributed by atoms with Crippen molar-refractivity contribution in [3.8, 4) is 0 Å². The van der Waals surface area contributed by atoms with E-state index in [1.54, 1.807) is 0 Å². The molecule has 0 aromatic heterocycles. The molecular weight excluding hydrogens is 484 g/mol. The van der Waals surface area contributed by atoms with Crippen LogP contribution in [0.15, 0.2) is 126 Å². The molecule has 2 unspecified atom stereocenters. The van der Waals surface area contributed by atoms with Crippen molar-refractivity contribution in [1.82, 2.24) is 4.90 Å². The molecule has 4 aromatic carbocycles. The van der Waals surface area contributed by atoms with Crippen molar-refractivity contribution in [3.63, 3.8) is 0 Å². The number of nitrogens with zero attached hydrogens (tertiary/aromatic N) is 2. The van der Waals surface area contributed by atoms with Crippen LogP contribution in [0.25, 0.3) is 22.4 Å². The van der Waals surface area contributed by atoms with Crippen LogP contribution in [0, 0.1) is 13.8 Å². The van der Waals surface area contributed by atoms with Gasteiger partial charge in [-0.05, 0) is 77.4 Å². The number of hydrogen-bond donors (Lipinski definition) is 0. The predicted octanol–water partition coefficient (Wildman–Crippen LogP) is 9.02. The van der Waals surface area contributed by atoms with E-state index in [0.29, 0.717) is 12.0 Å². The fraction of sp³-hybridized carbons (Fsp3) is 0.184. The number of benzene rings is 4. The molecule has 0 spiro atoms. The van der Waals surface area contributed by atoms with Gasteiger partial charge in [0.1, 0.15) is 0 Å². The molecule has 2 heteroatoms. The van der Waals surface area contributed by atoms with Crippen molar-refractivity contribution in [1.29, 1.82) is 0 Å². The van der Waals surface area contributed by atoms with E-state index in [2.05, 4.69) is 141 Å². The van der Waals surface area contributed by atoms with Gasteiger partial charge in [0.2, 0.25) is 0 Å². The van der Waals surface area contributed by atoms with Crippen LogP contribution >= 0.6 is 0 Å². The van der Waals surface area contributed by atoms with E-state index in [1.165, 1.54) is 55.4 Å². The summed E-state index contributed by atoms with van der Waals surface area (Å²) >= 11 is 0. The van der Waals surface area contributed by atoms with Crippen molar-refractivity contribution < 1.29 is 0 Å². The maximum absolute atomic E-state index is 5.33. The standard InChI is InChI=1S/C38H34N2/c1-25-11-8-12-26(2)37(25)38(34-22-21-33(39-34)31-19-9-15-27-13-4-6-17-29(27)31)36-24-23-35(40(36)3)32-20-10-16-28-14-5-7-18-30(28)32/h4-19,21-22,24,32,35H,20,23H2,1-3H3/b38-34+. The van der Waals surface area contributed by atoms with Crippen molar-refractivity contribution >= 4 is 28.1 Å². The number of aryl methyl sites for hydroxylation is 2. The molecule has 0 radical (unpaired) electrons. The lowest BCUT2D eigenvalue weighted by Gasteiger charge is -2.35. The molecule has 0 bridgehead atoms. The van der Waals surface area contributed by atoms with E-state index in [9.17, 15) is 0 Å². The SMILES string of the molecule is Cc1cccc(C)c1/C(C1=CCC(C2CC=Cc3ccccc32)N1C)=C1\C=CC(c2cccc3ccccc23)=N1. The van der Waals surface area contributed by atoms with Crippen LogP contribution in [0.2, 0.25) is 0 Å². The molecular formula is C38H34N2. The fourth-order valence-corrected chi connectivity index (χ4v) is 6.96. The number of allylic oxidation sites excluding steroid dienone is 4. The Morgan fingerprint density at radius 3 is 2.40 bits per heavy atom. The summed E-state index contributed by atoms with van der Waals surface area (Å²) in [7, 11) is 2.28. The Morgan fingerprint density at radius 2 is 1.52 bits per heavy atom. The maximum Gasteiger partial charge on any atom is 0.0737 e. The van der Waals surface area contributed by atoms with Crippen molar-refractivity contribution in [2.45, 2.75) is 38.6 Å². The first kappa shape index (κ1) is 24.6. The molecule has 4 aromatic rings. The monoisotopic (exact) mass is 518 g/mol.